The second-order valence-electron chi connectivity index (χ2n) is 3.56. The van der Waals surface area contributed by atoms with E-state index in [2.05, 4.69) is 5.32 Å². The lowest BCUT2D eigenvalue weighted by molar-refractivity contribution is -0.127. The van der Waals surface area contributed by atoms with E-state index in [1.165, 1.54) is 0 Å². The van der Waals surface area contributed by atoms with Crippen LogP contribution in [0.3, 0.4) is 0 Å². The standard InChI is InChI=1S/C10H21NO4/c1-8(6-12)9(2)11-10(13)7-15-5-4-14-3/h8-9,12H,4-7H2,1-3H3,(H,11,13). The van der Waals surface area contributed by atoms with Crippen LogP contribution in [0.2, 0.25) is 0 Å². The normalized spacial score (nSPS) is 14.7. The van der Waals surface area contributed by atoms with E-state index in [0.29, 0.717) is 13.2 Å². The van der Waals surface area contributed by atoms with E-state index < -0.39 is 0 Å². The molecule has 0 rings (SSSR count). The quantitative estimate of drug-likeness (QED) is 0.554. The van der Waals surface area contributed by atoms with E-state index in [9.17, 15) is 4.79 Å². The van der Waals surface area contributed by atoms with Crippen LogP contribution in [-0.2, 0) is 14.3 Å². The van der Waals surface area contributed by atoms with Crippen LogP contribution in [0.5, 0.6) is 0 Å². The lowest BCUT2D eigenvalue weighted by Gasteiger charge is -2.19. The molecule has 2 N–H and O–H groups in total. The van der Waals surface area contributed by atoms with Crippen LogP contribution in [0.1, 0.15) is 13.8 Å². The molecule has 0 spiro atoms. The Morgan fingerprint density at radius 3 is 2.60 bits per heavy atom. The first-order valence-corrected chi connectivity index (χ1v) is 5.08. The van der Waals surface area contributed by atoms with Crippen molar-refractivity contribution in [1.29, 1.82) is 0 Å². The highest BCUT2D eigenvalue weighted by Gasteiger charge is 2.13. The molecule has 0 aliphatic carbocycles. The van der Waals surface area contributed by atoms with Crippen LogP contribution in [0.15, 0.2) is 0 Å². The van der Waals surface area contributed by atoms with Crippen molar-refractivity contribution in [3.05, 3.63) is 0 Å². The highest BCUT2D eigenvalue weighted by molar-refractivity contribution is 5.77. The van der Waals surface area contributed by atoms with Gasteiger partial charge in [0.15, 0.2) is 0 Å². The van der Waals surface area contributed by atoms with E-state index in [0.717, 1.165) is 0 Å². The minimum atomic E-state index is -0.168. The zero-order valence-corrected chi connectivity index (χ0v) is 9.66. The third-order valence-electron chi connectivity index (χ3n) is 2.20. The van der Waals surface area contributed by atoms with Crippen molar-refractivity contribution in [2.45, 2.75) is 19.9 Å². The fraction of sp³-hybridized carbons (Fsp3) is 0.900. The summed E-state index contributed by atoms with van der Waals surface area (Å²) < 4.78 is 9.82. The van der Waals surface area contributed by atoms with Crippen LogP contribution in [0.4, 0.5) is 0 Å². The fourth-order valence-electron chi connectivity index (χ4n) is 0.903. The molecule has 5 nitrogen and oxygen atoms in total. The number of amides is 1. The molecule has 0 bridgehead atoms. The Morgan fingerprint density at radius 2 is 2.07 bits per heavy atom. The van der Waals surface area contributed by atoms with Crippen molar-refractivity contribution in [2.75, 3.05) is 33.5 Å². The van der Waals surface area contributed by atoms with Gasteiger partial charge in [-0.3, -0.25) is 4.79 Å². The minimum Gasteiger partial charge on any atom is -0.396 e. The second kappa shape index (κ2) is 8.64. The summed E-state index contributed by atoms with van der Waals surface area (Å²) in [5.41, 5.74) is 0. The number of hydrogen-bond acceptors (Lipinski definition) is 4. The average molecular weight is 219 g/mol. The Balaban J connectivity index is 3.55. The van der Waals surface area contributed by atoms with Crippen molar-refractivity contribution in [2.24, 2.45) is 5.92 Å². The summed E-state index contributed by atoms with van der Waals surface area (Å²) in [5.74, 6) is -0.119. The molecule has 0 aromatic heterocycles. The molecular weight excluding hydrogens is 198 g/mol. The summed E-state index contributed by atoms with van der Waals surface area (Å²) in [6, 6.07) is -0.0477. The predicted molar refractivity (Wildman–Crippen MR) is 56.5 cm³/mol. The zero-order chi connectivity index (χ0) is 11.7. The van der Waals surface area contributed by atoms with Gasteiger partial charge in [-0.25, -0.2) is 0 Å². The Labute approximate surface area is 90.8 Å². The molecule has 1 amide bonds. The maximum Gasteiger partial charge on any atom is 0.246 e. The largest absolute Gasteiger partial charge is 0.396 e. The molecule has 0 aliphatic rings. The molecule has 0 fully saturated rings. The first-order valence-electron chi connectivity index (χ1n) is 5.08. The highest BCUT2D eigenvalue weighted by atomic mass is 16.5. The third-order valence-corrected chi connectivity index (χ3v) is 2.20. The van der Waals surface area contributed by atoms with E-state index >= 15 is 0 Å². The topological polar surface area (TPSA) is 67.8 Å². The molecule has 0 aromatic carbocycles. The molecule has 0 saturated heterocycles. The monoisotopic (exact) mass is 219 g/mol. The SMILES string of the molecule is COCCOCC(=O)NC(C)C(C)CO. The molecule has 2 unspecified atom stereocenters. The molecule has 0 saturated carbocycles. The summed E-state index contributed by atoms with van der Waals surface area (Å²) in [6.45, 7) is 4.71. The summed E-state index contributed by atoms with van der Waals surface area (Å²) in [7, 11) is 1.58. The molecule has 5 heteroatoms. The number of aliphatic hydroxyl groups is 1. The zero-order valence-electron chi connectivity index (χ0n) is 9.66. The maximum absolute atomic E-state index is 11.3. The van der Waals surface area contributed by atoms with Gasteiger partial charge in [-0.1, -0.05) is 6.92 Å². The maximum atomic E-state index is 11.3. The van der Waals surface area contributed by atoms with Gasteiger partial charge in [0.1, 0.15) is 6.61 Å². The first kappa shape index (κ1) is 14.3. The number of aliphatic hydroxyl groups excluding tert-OH is 1. The molecular formula is C10H21NO4. The Hall–Kier alpha value is -0.650. The van der Waals surface area contributed by atoms with Gasteiger partial charge < -0.3 is 19.9 Å². The van der Waals surface area contributed by atoms with Crippen molar-refractivity contribution in [3.8, 4) is 0 Å². The van der Waals surface area contributed by atoms with E-state index in [4.69, 9.17) is 14.6 Å². The summed E-state index contributed by atoms with van der Waals surface area (Å²) in [5, 5.41) is 11.6. The smallest absolute Gasteiger partial charge is 0.246 e. The molecule has 15 heavy (non-hydrogen) atoms. The Bertz CT molecular complexity index is 175. The van der Waals surface area contributed by atoms with Gasteiger partial charge in [-0.05, 0) is 12.8 Å². The fourth-order valence-corrected chi connectivity index (χ4v) is 0.903. The number of nitrogens with one attached hydrogen (secondary N) is 1. The van der Waals surface area contributed by atoms with Crippen molar-refractivity contribution >= 4 is 5.91 Å². The Kier molecular flexibility index (Phi) is 8.27. The predicted octanol–water partition coefficient (Wildman–Crippen LogP) is -0.217. The first-order chi connectivity index (χ1) is 7.11. The lowest BCUT2D eigenvalue weighted by atomic mass is 10.1. The highest BCUT2D eigenvalue weighted by Crippen LogP contribution is 1.99. The van der Waals surface area contributed by atoms with Gasteiger partial charge >= 0.3 is 0 Å². The van der Waals surface area contributed by atoms with Crippen LogP contribution >= 0.6 is 0 Å². The van der Waals surface area contributed by atoms with Crippen LogP contribution < -0.4 is 5.32 Å². The van der Waals surface area contributed by atoms with Gasteiger partial charge in [0, 0.05) is 19.8 Å². The molecule has 0 aliphatic heterocycles. The summed E-state index contributed by atoms with van der Waals surface area (Å²) >= 11 is 0. The summed E-state index contributed by atoms with van der Waals surface area (Å²) in [6.07, 6.45) is 0. The third kappa shape index (κ3) is 7.30. The number of carbonyl (C=O) groups is 1. The van der Waals surface area contributed by atoms with Crippen LogP contribution in [0, 0.1) is 5.92 Å². The second-order valence-corrected chi connectivity index (χ2v) is 3.56. The van der Waals surface area contributed by atoms with Gasteiger partial charge in [-0.2, -0.15) is 0 Å². The van der Waals surface area contributed by atoms with Gasteiger partial charge in [0.2, 0.25) is 5.91 Å². The molecule has 0 aromatic rings. The van der Waals surface area contributed by atoms with Crippen LogP contribution in [-0.4, -0.2) is 50.6 Å². The van der Waals surface area contributed by atoms with Crippen molar-refractivity contribution in [1.82, 2.24) is 5.32 Å². The molecule has 2 atom stereocenters. The van der Waals surface area contributed by atoms with E-state index in [1.807, 2.05) is 13.8 Å². The number of methoxy groups -OCH3 is 1. The molecule has 0 radical (unpaired) electrons. The van der Waals surface area contributed by atoms with Gasteiger partial charge in [0.25, 0.3) is 0 Å². The van der Waals surface area contributed by atoms with Crippen molar-refractivity contribution < 1.29 is 19.4 Å². The van der Waals surface area contributed by atoms with Crippen molar-refractivity contribution in [3.63, 3.8) is 0 Å². The lowest BCUT2D eigenvalue weighted by Crippen LogP contribution is -2.40. The summed E-state index contributed by atoms with van der Waals surface area (Å²) in [4.78, 5) is 11.3. The molecule has 90 valence electrons. The number of carbonyl (C=O) groups excluding carboxylic acids is 1. The molecule has 0 heterocycles. The Morgan fingerprint density at radius 1 is 1.40 bits per heavy atom. The number of rotatable bonds is 8. The van der Waals surface area contributed by atoms with Gasteiger partial charge in [0.05, 0.1) is 13.2 Å². The van der Waals surface area contributed by atoms with Crippen LogP contribution in [0.25, 0.3) is 0 Å². The average Bonchev–Trinajstić information content (AvgIpc) is 2.23. The van der Waals surface area contributed by atoms with E-state index in [-0.39, 0.29) is 31.1 Å². The number of hydrogen-bond donors (Lipinski definition) is 2. The van der Waals surface area contributed by atoms with Gasteiger partial charge in [-0.15, -0.1) is 0 Å². The number of ether oxygens (including phenoxy) is 2. The minimum absolute atomic E-state index is 0.0336. The van der Waals surface area contributed by atoms with E-state index in [1.54, 1.807) is 7.11 Å².